The van der Waals surface area contributed by atoms with E-state index in [-0.39, 0.29) is 6.10 Å². The Morgan fingerprint density at radius 3 is 2.56 bits per heavy atom. The lowest BCUT2D eigenvalue weighted by atomic mass is 10.0. The number of aryl methyl sites for hydroxylation is 1. The van der Waals surface area contributed by atoms with Gasteiger partial charge in [0.25, 0.3) is 0 Å². The van der Waals surface area contributed by atoms with Gasteiger partial charge in [-0.3, -0.25) is 0 Å². The highest BCUT2D eigenvalue weighted by atomic mass is 32.1. The van der Waals surface area contributed by atoms with E-state index in [1.807, 2.05) is 11.3 Å². The minimum atomic E-state index is 0.276. The Morgan fingerprint density at radius 1 is 1.38 bits per heavy atom. The van der Waals surface area contributed by atoms with Crippen LogP contribution in [-0.2, 0) is 4.74 Å². The fourth-order valence-corrected chi connectivity index (χ4v) is 2.79. The van der Waals surface area contributed by atoms with E-state index >= 15 is 0 Å². The maximum Gasteiger partial charge on any atom is 0.0767 e. The minimum Gasteiger partial charge on any atom is -0.377 e. The van der Waals surface area contributed by atoms with Crippen molar-refractivity contribution in [3.8, 4) is 0 Å². The lowest BCUT2D eigenvalue weighted by Gasteiger charge is -2.27. The van der Waals surface area contributed by atoms with Crippen LogP contribution in [-0.4, -0.2) is 19.3 Å². The Labute approximate surface area is 103 Å². The van der Waals surface area contributed by atoms with Crippen molar-refractivity contribution >= 4 is 11.3 Å². The van der Waals surface area contributed by atoms with Crippen LogP contribution in [0, 0.1) is 6.92 Å². The molecule has 0 aliphatic heterocycles. The standard InChI is InChI=1S/C13H23NOS/c1-5-12(15-7-3)13(14-6-2)11-8-9-16-10(11)4/h8-9,12-14H,5-7H2,1-4H3. The molecule has 0 aliphatic carbocycles. The Kier molecular flexibility index (Phi) is 6.03. The van der Waals surface area contributed by atoms with Crippen LogP contribution >= 0.6 is 11.3 Å². The van der Waals surface area contributed by atoms with E-state index in [9.17, 15) is 0 Å². The second-order valence-electron chi connectivity index (χ2n) is 3.87. The lowest BCUT2D eigenvalue weighted by molar-refractivity contribution is 0.0318. The van der Waals surface area contributed by atoms with Gasteiger partial charge in [-0.25, -0.2) is 0 Å². The summed E-state index contributed by atoms with van der Waals surface area (Å²) in [6.07, 6.45) is 1.32. The zero-order chi connectivity index (χ0) is 12.0. The molecule has 0 aromatic carbocycles. The first-order chi connectivity index (χ1) is 7.74. The molecule has 1 aromatic rings. The van der Waals surface area contributed by atoms with E-state index in [0.29, 0.717) is 6.04 Å². The normalized spacial score (nSPS) is 15.0. The number of ether oxygens (including phenoxy) is 1. The smallest absolute Gasteiger partial charge is 0.0767 e. The molecule has 2 unspecified atom stereocenters. The van der Waals surface area contributed by atoms with Crippen LogP contribution in [0.4, 0.5) is 0 Å². The van der Waals surface area contributed by atoms with E-state index in [1.54, 1.807) is 0 Å². The summed E-state index contributed by atoms with van der Waals surface area (Å²) in [5.74, 6) is 0. The molecular weight excluding hydrogens is 218 g/mol. The molecule has 0 spiro atoms. The summed E-state index contributed by atoms with van der Waals surface area (Å²) in [4.78, 5) is 1.39. The van der Waals surface area contributed by atoms with Crippen LogP contribution < -0.4 is 5.32 Å². The summed E-state index contributed by atoms with van der Waals surface area (Å²) < 4.78 is 5.83. The Balaban J connectivity index is 2.84. The predicted molar refractivity (Wildman–Crippen MR) is 71.2 cm³/mol. The van der Waals surface area contributed by atoms with Gasteiger partial charge in [-0.05, 0) is 43.8 Å². The fraction of sp³-hybridized carbons (Fsp3) is 0.692. The first kappa shape index (κ1) is 13.7. The van der Waals surface area contributed by atoms with Crippen molar-refractivity contribution in [2.75, 3.05) is 13.2 Å². The van der Waals surface area contributed by atoms with Crippen LogP contribution in [0.1, 0.15) is 43.7 Å². The summed E-state index contributed by atoms with van der Waals surface area (Å²) in [5, 5.41) is 5.70. The number of nitrogens with one attached hydrogen (secondary N) is 1. The molecule has 1 aromatic heterocycles. The molecular formula is C13H23NOS. The van der Waals surface area contributed by atoms with Gasteiger partial charge in [-0.15, -0.1) is 11.3 Å². The second-order valence-corrected chi connectivity index (χ2v) is 4.99. The molecule has 3 heteroatoms. The largest absolute Gasteiger partial charge is 0.377 e. The summed E-state index contributed by atoms with van der Waals surface area (Å²) in [7, 11) is 0. The lowest BCUT2D eigenvalue weighted by Crippen LogP contribution is -2.33. The molecule has 0 saturated heterocycles. The quantitative estimate of drug-likeness (QED) is 0.788. The summed E-state index contributed by atoms with van der Waals surface area (Å²) in [6, 6.07) is 2.55. The monoisotopic (exact) mass is 241 g/mol. The highest BCUT2D eigenvalue weighted by Gasteiger charge is 2.23. The summed E-state index contributed by atoms with van der Waals surface area (Å²) >= 11 is 1.81. The third-order valence-electron chi connectivity index (χ3n) is 2.81. The molecule has 92 valence electrons. The first-order valence-electron chi connectivity index (χ1n) is 6.13. The fourth-order valence-electron chi connectivity index (χ4n) is 2.04. The van der Waals surface area contributed by atoms with Crippen molar-refractivity contribution in [2.45, 2.75) is 46.3 Å². The topological polar surface area (TPSA) is 21.3 Å². The molecule has 0 saturated carbocycles. The van der Waals surface area contributed by atoms with E-state index in [2.05, 4.69) is 44.5 Å². The zero-order valence-corrected chi connectivity index (χ0v) is 11.6. The van der Waals surface area contributed by atoms with Gasteiger partial charge in [0.2, 0.25) is 0 Å². The van der Waals surface area contributed by atoms with E-state index in [4.69, 9.17) is 4.74 Å². The number of rotatable bonds is 7. The molecule has 0 radical (unpaired) electrons. The number of hydrogen-bond donors (Lipinski definition) is 1. The van der Waals surface area contributed by atoms with Gasteiger partial charge in [0.1, 0.15) is 0 Å². The third-order valence-corrected chi connectivity index (χ3v) is 3.67. The van der Waals surface area contributed by atoms with Gasteiger partial charge in [0, 0.05) is 11.5 Å². The average Bonchev–Trinajstić information content (AvgIpc) is 2.69. The molecule has 0 aliphatic rings. The molecule has 0 bridgehead atoms. The van der Waals surface area contributed by atoms with Crippen LogP contribution in [0.15, 0.2) is 11.4 Å². The average molecular weight is 241 g/mol. The Hall–Kier alpha value is -0.380. The van der Waals surface area contributed by atoms with Gasteiger partial charge >= 0.3 is 0 Å². The molecule has 1 heterocycles. The maximum absolute atomic E-state index is 5.83. The Morgan fingerprint density at radius 2 is 2.12 bits per heavy atom. The van der Waals surface area contributed by atoms with Crippen molar-refractivity contribution in [3.05, 3.63) is 21.9 Å². The van der Waals surface area contributed by atoms with Crippen molar-refractivity contribution in [1.29, 1.82) is 0 Å². The van der Waals surface area contributed by atoms with Crippen molar-refractivity contribution in [2.24, 2.45) is 0 Å². The predicted octanol–water partition coefficient (Wildman–Crippen LogP) is 3.52. The first-order valence-corrected chi connectivity index (χ1v) is 7.01. The molecule has 1 rings (SSSR count). The molecule has 1 N–H and O–H groups in total. The van der Waals surface area contributed by atoms with Crippen molar-refractivity contribution in [1.82, 2.24) is 5.32 Å². The van der Waals surface area contributed by atoms with E-state index in [1.165, 1.54) is 10.4 Å². The van der Waals surface area contributed by atoms with E-state index < -0.39 is 0 Å². The van der Waals surface area contributed by atoms with Gasteiger partial charge in [0.05, 0.1) is 12.1 Å². The Bertz CT molecular complexity index is 298. The zero-order valence-electron chi connectivity index (χ0n) is 10.7. The van der Waals surface area contributed by atoms with Gasteiger partial charge in [0.15, 0.2) is 0 Å². The van der Waals surface area contributed by atoms with E-state index in [0.717, 1.165) is 19.6 Å². The second kappa shape index (κ2) is 7.05. The SMILES string of the molecule is CCNC(c1ccsc1C)C(CC)OCC. The molecule has 0 amide bonds. The highest BCUT2D eigenvalue weighted by molar-refractivity contribution is 7.10. The number of hydrogen-bond acceptors (Lipinski definition) is 3. The molecule has 16 heavy (non-hydrogen) atoms. The molecule has 0 fully saturated rings. The van der Waals surface area contributed by atoms with Crippen molar-refractivity contribution < 1.29 is 4.74 Å². The molecule has 2 atom stereocenters. The van der Waals surface area contributed by atoms with Gasteiger partial charge in [-0.2, -0.15) is 0 Å². The maximum atomic E-state index is 5.83. The number of thiophene rings is 1. The number of likely N-dealkylation sites (N-methyl/N-ethyl adjacent to an activating group) is 1. The summed E-state index contributed by atoms with van der Waals surface area (Å²) in [5.41, 5.74) is 1.40. The van der Waals surface area contributed by atoms with Crippen LogP contribution in [0.25, 0.3) is 0 Å². The molecule has 2 nitrogen and oxygen atoms in total. The minimum absolute atomic E-state index is 0.276. The van der Waals surface area contributed by atoms with Gasteiger partial charge in [-0.1, -0.05) is 13.8 Å². The van der Waals surface area contributed by atoms with Crippen LogP contribution in [0.5, 0.6) is 0 Å². The van der Waals surface area contributed by atoms with Crippen LogP contribution in [0.2, 0.25) is 0 Å². The third kappa shape index (κ3) is 3.30. The van der Waals surface area contributed by atoms with Gasteiger partial charge < -0.3 is 10.1 Å². The van der Waals surface area contributed by atoms with Crippen LogP contribution in [0.3, 0.4) is 0 Å². The van der Waals surface area contributed by atoms with Crippen molar-refractivity contribution in [3.63, 3.8) is 0 Å². The highest BCUT2D eigenvalue weighted by Crippen LogP contribution is 2.27. The summed E-state index contributed by atoms with van der Waals surface area (Å²) in [6.45, 7) is 10.3.